The van der Waals surface area contributed by atoms with Gasteiger partial charge in [-0.1, -0.05) is 44.2 Å². The van der Waals surface area contributed by atoms with Gasteiger partial charge in [-0.05, 0) is 31.0 Å². The Morgan fingerprint density at radius 2 is 1.52 bits per heavy atom. The molecule has 0 atom stereocenters. The van der Waals surface area contributed by atoms with Crippen LogP contribution in [0.25, 0.3) is 21.9 Å². The zero-order valence-electron chi connectivity index (χ0n) is 18.3. The Labute approximate surface area is 181 Å². The van der Waals surface area contributed by atoms with Gasteiger partial charge in [0.05, 0.1) is 5.56 Å². The lowest BCUT2D eigenvalue weighted by atomic mass is 9.96. The normalized spacial score (nSPS) is 17.8. The molecule has 1 aromatic heterocycles. The Balaban J connectivity index is 1.61. The van der Waals surface area contributed by atoms with Crippen LogP contribution in [0.4, 0.5) is 13.2 Å². The first-order valence-corrected chi connectivity index (χ1v) is 11.3. The zero-order valence-corrected chi connectivity index (χ0v) is 18.3. The van der Waals surface area contributed by atoms with Crippen LogP contribution in [-0.2, 0) is 6.18 Å². The van der Waals surface area contributed by atoms with Crippen molar-refractivity contribution in [2.75, 3.05) is 14.1 Å². The highest BCUT2D eigenvalue weighted by Gasteiger charge is 2.35. The van der Waals surface area contributed by atoms with E-state index in [1.807, 2.05) is 6.07 Å². The first-order chi connectivity index (χ1) is 14.8. The Bertz CT molecular complexity index is 1030. The number of alkyl halides is 3. The molecule has 3 aromatic rings. The molecular weight excluding hydrogens is 403 g/mol. The van der Waals surface area contributed by atoms with Gasteiger partial charge in [0.15, 0.2) is 5.75 Å². The van der Waals surface area contributed by atoms with Crippen molar-refractivity contribution in [2.45, 2.75) is 70.0 Å². The van der Waals surface area contributed by atoms with Crippen molar-refractivity contribution in [3.05, 3.63) is 42.0 Å². The van der Waals surface area contributed by atoms with Crippen LogP contribution < -0.4 is 4.84 Å². The van der Waals surface area contributed by atoms with Gasteiger partial charge in [-0.15, -0.1) is 4.65 Å². The van der Waals surface area contributed by atoms with Gasteiger partial charge in [0.2, 0.25) is 0 Å². The number of para-hydroxylation sites is 1. The molecular formula is C25H31F3NO2+. The van der Waals surface area contributed by atoms with Crippen LogP contribution in [0, 0.1) is 0 Å². The van der Waals surface area contributed by atoms with E-state index in [-0.39, 0.29) is 5.58 Å². The van der Waals surface area contributed by atoms with Crippen LogP contribution in [0.1, 0.15) is 63.4 Å². The van der Waals surface area contributed by atoms with Gasteiger partial charge in [0, 0.05) is 29.7 Å². The van der Waals surface area contributed by atoms with Gasteiger partial charge in [-0.2, -0.15) is 13.2 Å². The monoisotopic (exact) mass is 434 g/mol. The number of furan rings is 1. The van der Waals surface area contributed by atoms with Crippen molar-refractivity contribution in [3.63, 3.8) is 0 Å². The van der Waals surface area contributed by atoms with E-state index in [0.29, 0.717) is 32.8 Å². The quantitative estimate of drug-likeness (QED) is 0.309. The number of hydroxylamine groups is 3. The second-order valence-corrected chi connectivity index (χ2v) is 9.17. The number of benzene rings is 2. The number of fused-ring (bicyclic) bond motifs is 3. The summed E-state index contributed by atoms with van der Waals surface area (Å²) < 4.78 is 46.2. The Kier molecular flexibility index (Phi) is 6.20. The second-order valence-electron chi connectivity index (χ2n) is 9.17. The van der Waals surface area contributed by atoms with Crippen molar-refractivity contribution in [2.24, 2.45) is 0 Å². The number of rotatable bonds is 3. The van der Waals surface area contributed by atoms with Gasteiger partial charge < -0.3 is 9.25 Å². The highest BCUT2D eigenvalue weighted by atomic mass is 19.4. The van der Waals surface area contributed by atoms with Crippen molar-refractivity contribution < 1.29 is 27.1 Å². The SMILES string of the molecule is C[N+](C)(Oc1ccc2c(c1)oc1c(C(F)(F)F)cccc12)C1CCCCCCCCC1. The predicted octanol–water partition coefficient (Wildman–Crippen LogP) is 7.87. The average molecular weight is 435 g/mol. The summed E-state index contributed by atoms with van der Waals surface area (Å²) in [5.74, 6) is 0.613. The third kappa shape index (κ3) is 4.84. The summed E-state index contributed by atoms with van der Waals surface area (Å²) in [6.07, 6.45) is 6.69. The third-order valence-corrected chi connectivity index (χ3v) is 6.57. The molecule has 1 aliphatic rings. The maximum absolute atomic E-state index is 13.4. The molecule has 3 nitrogen and oxygen atoms in total. The summed E-state index contributed by atoms with van der Waals surface area (Å²) in [6, 6.07) is 9.88. The molecule has 1 aliphatic carbocycles. The molecule has 2 aromatic carbocycles. The van der Waals surface area contributed by atoms with Crippen LogP contribution in [0.15, 0.2) is 40.8 Å². The Morgan fingerprint density at radius 3 is 2.16 bits per heavy atom. The van der Waals surface area contributed by atoms with E-state index in [2.05, 4.69) is 14.1 Å². The van der Waals surface area contributed by atoms with Gasteiger partial charge in [-0.3, -0.25) is 0 Å². The molecule has 0 spiro atoms. The number of quaternary nitrogens is 1. The molecule has 1 fully saturated rings. The molecule has 0 unspecified atom stereocenters. The second kappa shape index (κ2) is 8.73. The molecule has 6 heteroatoms. The molecule has 0 N–H and O–H groups in total. The number of nitrogens with zero attached hydrogens (tertiary/aromatic N) is 1. The van der Waals surface area contributed by atoms with Gasteiger partial charge in [-0.25, -0.2) is 0 Å². The van der Waals surface area contributed by atoms with Crippen LogP contribution in [0.2, 0.25) is 0 Å². The van der Waals surface area contributed by atoms with Crippen molar-refractivity contribution in [1.29, 1.82) is 0 Å². The molecule has 0 amide bonds. The summed E-state index contributed by atoms with van der Waals surface area (Å²) in [5, 5.41) is 1.13. The van der Waals surface area contributed by atoms with E-state index in [1.165, 1.54) is 51.0 Å². The van der Waals surface area contributed by atoms with E-state index in [4.69, 9.17) is 9.25 Å². The molecule has 1 saturated carbocycles. The molecule has 0 saturated heterocycles. The van der Waals surface area contributed by atoms with Crippen molar-refractivity contribution >= 4 is 21.9 Å². The number of hydrogen-bond acceptors (Lipinski definition) is 2. The minimum atomic E-state index is -4.46. The zero-order chi connectivity index (χ0) is 22.1. The summed E-state index contributed by atoms with van der Waals surface area (Å²) in [4.78, 5) is 6.37. The summed E-state index contributed by atoms with van der Waals surface area (Å²) in [6.45, 7) is 0. The minimum absolute atomic E-state index is 0.122. The Morgan fingerprint density at radius 1 is 0.871 bits per heavy atom. The van der Waals surface area contributed by atoms with E-state index in [9.17, 15) is 13.2 Å². The smallest absolute Gasteiger partial charge is 0.420 e. The number of hydrogen-bond donors (Lipinski definition) is 0. The lowest BCUT2D eigenvalue weighted by Gasteiger charge is -2.35. The van der Waals surface area contributed by atoms with E-state index >= 15 is 0 Å². The van der Waals surface area contributed by atoms with Crippen LogP contribution >= 0.6 is 0 Å². The molecule has 0 aliphatic heterocycles. The summed E-state index contributed by atoms with van der Waals surface area (Å²) >= 11 is 0. The van der Waals surface area contributed by atoms with E-state index in [0.717, 1.165) is 18.9 Å². The van der Waals surface area contributed by atoms with E-state index in [1.54, 1.807) is 18.2 Å². The molecule has 0 bridgehead atoms. The Hall–Kier alpha value is -2.21. The van der Waals surface area contributed by atoms with Gasteiger partial charge in [0.25, 0.3) is 0 Å². The molecule has 1 heterocycles. The maximum atomic E-state index is 13.4. The largest absolute Gasteiger partial charge is 0.455 e. The van der Waals surface area contributed by atoms with Crippen LogP contribution in [-0.4, -0.2) is 24.8 Å². The summed E-state index contributed by atoms with van der Waals surface area (Å²) in [5.41, 5.74) is -0.459. The standard InChI is InChI=1S/C25H31F3NO2/c1-29(2,18-11-8-6-4-3-5-7-9-12-18)31-19-15-16-20-21-13-10-14-22(25(26,27)28)24(21)30-23(20)17-19/h10,13-18H,3-9,11-12H2,1-2H3/q+1. The highest BCUT2D eigenvalue weighted by molar-refractivity contribution is 6.06. The topological polar surface area (TPSA) is 22.4 Å². The fourth-order valence-electron chi connectivity index (χ4n) is 4.81. The third-order valence-electron chi connectivity index (χ3n) is 6.57. The molecule has 0 radical (unpaired) electrons. The molecule has 168 valence electrons. The molecule has 31 heavy (non-hydrogen) atoms. The minimum Gasteiger partial charge on any atom is -0.455 e. The predicted molar refractivity (Wildman–Crippen MR) is 117 cm³/mol. The first kappa shape index (κ1) is 22.0. The fourth-order valence-corrected chi connectivity index (χ4v) is 4.81. The van der Waals surface area contributed by atoms with E-state index < -0.39 is 11.7 Å². The maximum Gasteiger partial charge on any atom is 0.420 e. The first-order valence-electron chi connectivity index (χ1n) is 11.3. The lowest BCUT2D eigenvalue weighted by Crippen LogP contribution is -2.51. The van der Waals surface area contributed by atoms with Crippen LogP contribution in [0.3, 0.4) is 0 Å². The number of halogens is 3. The average Bonchev–Trinajstić information content (AvgIpc) is 3.08. The van der Waals surface area contributed by atoms with Gasteiger partial charge >= 0.3 is 6.18 Å². The molecule has 4 rings (SSSR count). The van der Waals surface area contributed by atoms with Crippen LogP contribution in [0.5, 0.6) is 5.75 Å². The fraction of sp³-hybridized carbons (Fsp3) is 0.520. The lowest BCUT2D eigenvalue weighted by molar-refractivity contribution is -1.07. The summed E-state index contributed by atoms with van der Waals surface area (Å²) in [7, 11) is 4.14. The van der Waals surface area contributed by atoms with Crippen molar-refractivity contribution in [3.8, 4) is 5.75 Å². The highest BCUT2D eigenvalue weighted by Crippen LogP contribution is 2.40. The van der Waals surface area contributed by atoms with Crippen molar-refractivity contribution in [1.82, 2.24) is 0 Å². The van der Waals surface area contributed by atoms with Gasteiger partial charge in [0.1, 0.15) is 31.3 Å².